The zero-order valence-corrected chi connectivity index (χ0v) is 13.6. The zero-order chi connectivity index (χ0) is 14.8. The van der Waals surface area contributed by atoms with Gasteiger partial charge in [-0.3, -0.25) is 4.90 Å². The molecule has 0 spiro atoms. The number of aromatic nitrogens is 2. The summed E-state index contributed by atoms with van der Waals surface area (Å²) in [6.07, 6.45) is 0. The summed E-state index contributed by atoms with van der Waals surface area (Å²) in [6.45, 7) is 3.69. The summed E-state index contributed by atoms with van der Waals surface area (Å²) in [5, 5.41) is 3.47. The van der Waals surface area contributed by atoms with Crippen LogP contribution in [-0.4, -0.2) is 21.9 Å². The fourth-order valence-electron chi connectivity index (χ4n) is 2.31. The Morgan fingerprint density at radius 3 is 2.76 bits per heavy atom. The van der Waals surface area contributed by atoms with Crippen molar-refractivity contribution in [1.82, 2.24) is 14.9 Å². The standard InChI is InChI=1S/C16H16ClN3S/c1-11-5-3-4-6-12(11)9-20(2)10-14-18-15(17)13-7-8-21-16(13)19-14/h3-8H,9-10H2,1-2H3. The second kappa shape index (κ2) is 6.10. The zero-order valence-electron chi connectivity index (χ0n) is 12.0. The summed E-state index contributed by atoms with van der Waals surface area (Å²) in [5.74, 6) is 0.769. The van der Waals surface area contributed by atoms with Crippen LogP contribution in [0.4, 0.5) is 0 Å². The number of fused-ring (bicyclic) bond motifs is 1. The van der Waals surface area contributed by atoms with Crippen LogP contribution in [0.15, 0.2) is 35.7 Å². The molecule has 0 N–H and O–H groups in total. The number of thiophene rings is 1. The van der Waals surface area contributed by atoms with E-state index in [4.69, 9.17) is 11.6 Å². The maximum Gasteiger partial charge on any atom is 0.145 e. The molecule has 3 rings (SSSR count). The van der Waals surface area contributed by atoms with Crippen molar-refractivity contribution in [3.8, 4) is 0 Å². The third kappa shape index (κ3) is 3.23. The second-order valence-corrected chi connectivity index (χ2v) is 6.42. The Kier molecular flexibility index (Phi) is 4.19. The molecule has 0 amide bonds. The molecule has 0 saturated carbocycles. The van der Waals surface area contributed by atoms with Crippen molar-refractivity contribution in [2.45, 2.75) is 20.0 Å². The number of hydrogen-bond acceptors (Lipinski definition) is 4. The number of aryl methyl sites for hydroxylation is 1. The summed E-state index contributed by atoms with van der Waals surface area (Å²) in [7, 11) is 2.07. The van der Waals surface area contributed by atoms with Crippen LogP contribution in [-0.2, 0) is 13.1 Å². The van der Waals surface area contributed by atoms with Gasteiger partial charge >= 0.3 is 0 Å². The van der Waals surface area contributed by atoms with E-state index < -0.39 is 0 Å². The molecule has 0 bridgehead atoms. The van der Waals surface area contributed by atoms with Crippen LogP contribution in [0.3, 0.4) is 0 Å². The van der Waals surface area contributed by atoms with Gasteiger partial charge in [0, 0.05) is 11.9 Å². The second-order valence-electron chi connectivity index (χ2n) is 5.17. The van der Waals surface area contributed by atoms with Gasteiger partial charge in [0.2, 0.25) is 0 Å². The molecule has 2 aromatic heterocycles. The van der Waals surface area contributed by atoms with Crippen LogP contribution < -0.4 is 0 Å². The Labute approximate surface area is 133 Å². The first-order valence-electron chi connectivity index (χ1n) is 6.76. The van der Waals surface area contributed by atoms with E-state index in [0.29, 0.717) is 11.7 Å². The Bertz CT molecular complexity index is 769. The molecule has 3 aromatic rings. The van der Waals surface area contributed by atoms with E-state index in [0.717, 1.165) is 22.6 Å². The maximum absolute atomic E-state index is 6.21. The van der Waals surface area contributed by atoms with E-state index in [1.54, 1.807) is 11.3 Å². The molecule has 0 saturated heterocycles. The molecule has 108 valence electrons. The van der Waals surface area contributed by atoms with Crippen molar-refractivity contribution in [2.75, 3.05) is 7.05 Å². The predicted molar refractivity (Wildman–Crippen MR) is 88.8 cm³/mol. The van der Waals surface area contributed by atoms with Gasteiger partial charge in [-0.15, -0.1) is 11.3 Å². The summed E-state index contributed by atoms with van der Waals surface area (Å²) < 4.78 is 0. The van der Waals surface area contributed by atoms with Gasteiger partial charge in [-0.1, -0.05) is 35.9 Å². The van der Waals surface area contributed by atoms with E-state index in [9.17, 15) is 0 Å². The minimum absolute atomic E-state index is 0.542. The molecule has 21 heavy (non-hydrogen) atoms. The summed E-state index contributed by atoms with van der Waals surface area (Å²) >= 11 is 7.80. The molecule has 3 nitrogen and oxygen atoms in total. The van der Waals surface area contributed by atoms with Crippen LogP contribution in [0.25, 0.3) is 10.2 Å². The van der Waals surface area contributed by atoms with Gasteiger partial charge in [0.1, 0.15) is 15.8 Å². The lowest BCUT2D eigenvalue weighted by Crippen LogP contribution is -2.19. The van der Waals surface area contributed by atoms with Crippen molar-refractivity contribution in [3.05, 3.63) is 57.8 Å². The van der Waals surface area contributed by atoms with Gasteiger partial charge in [-0.05, 0) is 36.5 Å². The number of hydrogen-bond donors (Lipinski definition) is 0. The Morgan fingerprint density at radius 2 is 1.95 bits per heavy atom. The minimum atomic E-state index is 0.542. The maximum atomic E-state index is 6.21. The smallest absolute Gasteiger partial charge is 0.145 e. The van der Waals surface area contributed by atoms with Crippen LogP contribution in [0.2, 0.25) is 5.15 Å². The summed E-state index contributed by atoms with van der Waals surface area (Å²) in [6, 6.07) is 10.4. The van der Waals surface area contributed by atoms with Crippen LogP contribution in [0.5, 0.6) is 0 Å². The molecular formula is C16H16ClN3S. The van der Waals surface area contributed by atoms with E-state index in [1.165, 1.54) is 11.1 Å². The molecular weight excluding hydrogens is 302 g/mol. The highest BCUT2D eigenvalue weighted by Crippen LogP contribution is 2.25. The third-order valence-corrected chi connectivity index (χ3v) is 4.53. The highest BCUT2D eigenvalue weighted by Gasteiger charge is 2.10. The average Bonchev–Trinajstić information content (AvgIpc) is 2.90. The highest BCUT2D eigenvalue weighted by molar-refractivity contribution is 7.16. The highest BCUT2D eigenvalue weighted by atomic mass is 35.5. The van der Waals surface area contributed by atoms with Crippen molar-refractivity contribution in [2.24, 2.45) is 0 Å². The molecule has 0 unspecified atom stereocenters. The van der Waals surface area contributed by atoms with Crippen molar-refractivity contribution >= 4 is 33.2 Å². The van der Waals surface area contributed by atoms with Crippen molar-refractivity contribution in [1.29, 1.82) is 0 Å². The van der Waals surface area contributed by atoms with Crippen LogP contribution in [0, 0.1) is 6.92 Å². The number of halogens is 1. The van der Waals surface area contributed by atoms with Gasteiger partial charge in [0.05, 0.1) is 6.54 Å². The number of rotatable bonds is 4. The Balaban J connectivity index is 1.77. The third-order valence-electron chi connectivity index (χ3n) is 3.44. The summed E-state index contributed by atoms with van der Waals surface area (Å²) in [4.78, 5) is 12.1. The van der Waals surface area contributed by atoms with Crippen molar-refractivity contribution in [3.63, 3.8) is 0 Å². The fourth-order valence-corrected chi connectivity index (χ4v) is 3.40. The van der Waals surface area contributed by atoms with E-state index in [1.807, 2.05) is 11.4 Å². The number of nitrogens with zero attached hydrogens (tertiary/aromatic N) is 3. The molecule has 0 atom stereocenters. The lowest BCUT2D eigenvalue weighted by Gasteiger charge is -2.17. The van der Waals surface area contributed by atoms with Gasteiger partial charge in [0.15, 0.2) is 0 Å². The quantitative estimate of drug-likeness (QED) is 0.672. The first kappa shape index (κ1) is 14.4. The number of benzene rings is 1. The van der Waals surface area contributed by atoms with E-state index in [-0.39, 0.29) is 0 Å². The Morgan fingerprint density at radius 1 is 1.14 bits per heavy atom. The average molecular weight is 318 g/mol. The first-order valence-corrected chi connectivity index (χ1v) is 8.02. The molecule has 0 fully saturated rings. The van der Waals surface area contributed by atoms with Gasteiger partial charge < -0.3 is 0 Å². The molecule has 5 heteroatoms. The van der Waals surface area contributed by atoms with E-state index >= 15 is 0 Å². The van der Waals surface area contributed by atoms with Crippen LogP contribution in [0.1, 0.15) is 17.0 Å². The lowest BCUT2D eigenvalue weighted by atomic mass is 10.1. The Hall–Kier alpha value is -1.49. The molecule has 2 heterocycles. The molecule has 0 radical (unpaired) electrons. The van der Waals surface area contributed by atoms with Gasteiger partial charge in [-0.25, -0.2) is 9.97 Å². The van der Waals surface area contributed by atoms with Gasteiger partial charge in [0.25, 0.3) is 0 Å². The van der Waals surface area contributed by atoms with Crippen molar-refractivity contribution < 1.29 is 0 Å². The molecule has 0 aliphatic rings. The fraction of sp³-hybridized carbons (Fsp3) is 0.250. The molecule has 1 aromatic carbocycles. The van der Waals surface area contributed by atoms with E-state index in [2.05, 4.69) is 53.1 Å². The predicted octanol–water partition coefficient (Wildman–Crippen LogP) is 4.29. The normalized spacial score (nSPS) is 11.4. The largest absolute Gasteiger partial charge is 0.295 e. The SMILES string of the molecule is Cc1ccccc1CN(C)Cc1nc(Cl)c2ccsc2n1. The first-order chi connectivity index (χ1) is 10.1. The van der Waals surface area contributed by atoms with Crippen LogP contribution >= 0.6 is 22.9 Å². The minimum Gasteiger partial charge on any atom is -0.295 e. The summed E-state index contributed by atoms with van der Waals surface area (Å²) in [5.41, 5.74) is 2.63. The monoisotopic (exact) mass is 317 g/mol. The lowest BCUT2D eigenvalue weighted by molar-refractivity contribution is 0.310. The topological polar surface area (TPSA) is 29.0 Å². The van der Waals surface area contributed by atoms with Gasteiger partial charge in [-0.2, -0.15) is 0 Å². The molecule has 0 aliphatic carbocycles. The molecule has 0 aliphatic heterocycles.